The number of amides is 2. The van der Waals surface area contributed by atoms with Gasteiger partial charge in [0.15, 0.2) is 5.78 Å². The fourth-order valence-electron chi connectivity index (χ4n) is 2.26. The van der Waals surface area contributed by atoms with E-state index in [0.717, 1.165) is 0 Å². The molecule has 2 aromatic carbocycles. The van der Waals surface area contributed by atoms with E-state index in [0.29, 0.717) is 11.3 Å². The fourth-order valence-corrected chi connectivity index (χ4v) is 2.26. The molecule has 0 atom stereocenters. The van der Waals surface area contributed by atoms with E-state index in [4.69, 9.17) is 0 Å². The molecule has 0 saturated carbocycles. The van der Waals surface area contributed by atoms with Crippen LogP contribution >= 0.6 is 0 Å². The molecule has 0 unspecified atom stereocenters. The molecule has 2 rings (SSSR count). The number of rotatable bonds is 7. The molecule has 0 spiro atoms. The molecule has 1 N–H and O–H groups in total. The van der Waals surface area contributed by atoms with E-state index in [2.05, 4.69) is 5.32 Å². The average Bonchev–Trinajstić information content (AvgIpc) is 2.59. The summed E-state index contributed by atoms with van der Waals surface area (Å²) in [4.78, 5) is 37.1. The molecule has 0 heterocycles. The van der Waals surface area contributed by atoms with Gasteiger partial charge in [-0.15, -0.1) is 0 Å². The number of nitrogens with zero attached hydrogens (tertiary/aromatic N) is 1. The Morgan fingerprint density at radius 3 is 2.31 bits per heavy atom. The minimum atomic E-state index is -0.480. The normalized spacial score (nSPS) is 10.3. The van der Waals surface area contributed by atoms with Crippen molar-refractivity contribution in [3.63, 3.8) is 0 Å². The van der Waals surface area contributed by atoms with Gasteiger partial charge in [-0.2, -0.15) is 0 Å². The highest BCUT2D eigenvalue weighted by Gasteiger charge is 2.15. The van der Waals surface area contributed by atoms with Gasteiger partial charge in [-0.05, 0) is 42.5 Å². The van der Waals surface area contributed by atoms with Crippen molar-refractivity contribution in [1.82, 2.24) is 4.90 Å². The maximum Gasteiger partial charge on any atom is 0.243 e. The van der Waals surface area contributed by atoms with Gasteiger partial charge in [0.1, 0.15) is 11.6 Å². The van der Waals surface area contributed by atoms with Crippen molar-refractivity contribution in [2.45, 2.75) is 12.8 Å². The molecule has 0 aliphatic heterocycles. The molecule has 0 aliphatic rings. The Bertz CT molecular complexity index is 807. The minimum absolute atomic E-state index is 0.0413. The number of carbonyl (C=O) groups excluding carboxylic acids is 3. The molecule has 26 heavy (non-hydrogen) atoms. The number of Topliss-reactive ketones (excluding diaryl/α,β-unsaturated/α-hetero) is 1. The molecule has 0 aromatic heterocycles. The van der Waals surface area contributed by atoms with Crippen LogP contribution in [0.25, 0.3) is 0 Å². The van der Waals surface area contributed by atoms with Crippen LogP contribution in [0.15, 0.2) is 48.5 Å². The van der Waals surface area contributed by atoms with Crippen molar-refractivity contribution >= 4 is 23.3 Å². The molecule has 5 nitrogen and oxygen atoms in total. The second kappa shape index (κ2) is 8.84. The number of carbonyl (C=O) groups is 3. The Morgan fingerprint density at radius 1 is 0.962 bits per heavy atom. The highest BCUT2D eigenvalue weighted by molar-refractivity contribution is 5.98. The molecule has 136 valence electrons. The van der Waals surface area contributed by atoms with Gasteiger partial charge in [0.2, 0.25) is 11.8 Å². The number of benzene rings is 2. The number of halogens is 2. The van der Waals surface area contributed by atoms with Gasteiger partial charge >= 0.3 is 0 Å². The highest BCUT2D eigenvalue weighted by atomic mass is 19.1. The molecule has 2 amide bonds. The Hall–Kier alpha value is -3.09. The quantitative estimate of drug-likeness (QED) is 0.772. The summed E-state index contributed by atoms with van der Waals surface area (Å²) in [6.07, 6.45) is -0.111. The van der Waals surface area contributed by atoms with Gasteiger partial charge in [-0.1, -0.05) is 6.07 Å². The summed E-state index contributed by atoms with van der Waals surface area (Å²) in [5.41, 5.74) is 0.619. The van der Waals surface area contributed by atoms with Crippen molar-refractivity contribution in [2.24, 2.45) is 0 Å². The molecule has 0 saturated heterocycles. The predicted octanol–water partition coefficient (Wildman–Crippen LogP) is 3.02. The van der Waals surface area contributed by atoms with E-state index in [-0.39, 0.29) is 31.1 Å². The Labute approximate surface area is 149 Å². The Kier molecular flexibility index (Phi) is 6.54. The van der Waals surface area contributed by atoms with Crippen LogP contribution < -0.4 is 5.32 Å². The summed E-state index contributed by atoms with van der Waals surface area (Å²) in [7, 11) is 1.44. The van der Waals surface area contributed by atoms with Gasteiger partial charge in [0.25, 0.3) is 0 Å². The lowest BCUT2D eigenvalue weighted by Gasteiger charge is -2.16. The van der Waals surface area contributed by atoms with Gasteiger partial charge in [0, 0.05) is 31.1 Å². The van der Waals surface area contributed by atoms with Crippen LogP contribution in [-0.2, 0) is 9.59 Å². The summed E-state index contributed by atoms with van der Waals surface area (Å²) in [6, 6.07) is 10.5. The van der Waals surface area contributed by atoms with E-state index in [9.17, 15) is 23.2 Å². The summed E-state index contributed by atoms with van der Waals surface area (Å²) < 4.78 is 25.9. The second-order valence-corrected chi connectivity index (χ2v) is 5.74. The highest BCUT2D eigenvalue weighted by Crippen LogP contribution is 2.10. The number of likely N-dealkylation sites (N-methyl/N-ethyl adjacent to an activating group) is 1. The second-order valence-electron chi connectivity index (χ2n) is 5.74. The zero-order chi connectivity index (χ0) is 19.1. The third kappa shape index (κ3) is 5.77. The third-order valence-electron chi connectivity index (χ3n) is 3.65. The molecule has 0 radical (unpaired) electrons. The number of nitrogens with one attached hydrogen (secondary N) is 1. The first-order valence-corrected chi connectivity index (χ1v) is 7.93. The van der Waals surface area contributed by atoms with Gasteiger partial charge in [-0.3, -0.25) is 14.4 Å². The maximum atomic E-state index is 13.1. The molecule has 2 aromatic rings. The van der Waals surface area contributed by atoms with Crippen LogP contribution in [0.4, 0.5) is 14.5 Å². The summed E-state index contributed by atoms with van der Waals surface area (Å²) in [5, 5.41) is 2.49. The smallest absolute Gasteiger partial charge is 0.243 e. The summed E-state index contributed by atoms with van der Waals surface area (Å²) in [5.74, 6) is -2.06. The lowest BCUT2D eigenvalue weighted by Crippen LogP contribution is -2.35. The topological polar surface area (TPSA) is 66.5 Å². The van der Waals surface area contributed by atoms with E-state index in [1.165, 1.54) is 60.5 Å². The maximum absolute atomic E-state index is 13.1. The van der Waals surface area contributed by atoms with Gasteiger partial charge in [-0.25, -0.2) is 8.78 Å². The van der Waals surface area contributed by atoms with Crippen molar-refractivity contribution < 1.29 is 23.2 Å². The average molecular weight is 360 g/mol. The lowest BCUT2D eigenvalue weighted by atomic mass is 10.1. The molecule has 7 heteroatoms. The molecule has 0 aliphatic carbocycles. The Morgan fingerprint density at radius 2 is 1.65 bits per heavy atom. The van der Waals surface area contributed by atoms with E-state index in [1.807, 2.05) is 0 Å². The van der Waals surface area contributed by atoms with Crippen molar-refractivity contribution in [1.29, 1.82) is 0 Å². The van der Waals surface area contributed by atoms with Gasteiger partial charge < -0.3 is 10.2 Å². The van der Waals surface area contributed by atoms with Crippen LogP contribution in [0.1, 0.15) is 23.2 Å². The predicted molar refractivity (Wildman–Crippen MR) is 92.6 cm³/mol. The van der Waals surface area contributed by atoms with Crippen LogP contribution in [0.2, 0.25) is 0 Å². The number of hydrogen-bond donors (Lipinski definition) is 1. The van der Waals surface area contributed by atoms with Crippen molar-refractivity contribution in [3.8, 4) is 0 Å². The van der Waals surface area contributed by atoms with Crippen molar-refractivity contribution in [2.75, 3.05) is 18.9 Å². The molecular weight excluding hydrogens is 342 g/mol. The minimum Gasteiger partial charge on any atom is -0.336 e. The molecule has 0 fully saturated rings. The SMILES string of the molecule is CN(CC(=O)Nc1cccc(F)c1)C(=O)CCC(=O)c1ccc(F)cc1. The fraction of sp³-hybridized carbons (Fsp3) is 0.211. The first kappa shape index (κ1) is 19.2. The standard InChI is InChI=1S/C19H18F2N2O3/c1-23(12-18(25)22-16-4-2-3-15(21)11-16)19(26)10-9-17(24)13-5-7-14(20)8-6-13/h2-8,11H,9-10,12H2,1H3,(H,22,25). The van der Waals surface area contributed by atoms with E-state index in [1.54, 1.807) is 0 Å². The monoisotopic (exact) mass is 360 g/mol. The number of hydrogen-bond acceptors (Lipinski definition) is 3. The summed E-state index contributed by atoms with van der Waals surface area (Å²) in [6.45, 7) is -0.222. The molecule has 0 bridgehead atoms. The van der Waals surface area contributed by atoms with E-state index < -0.39 is 17.5 Å². The van der Waals surface area contributed by atoms with E-state index >= 15 is 0 Å². The zero-order valence-electron chi connectivity index (χ0n) is 14.2. The summed E-state index contributed by atoms with van der Waals surface area (Å²) >= 11 is 0. The third-order valence-corrected chi connectivity index (χ3v) is 3.65. The zero-order valence-corrected chi connectivity index (χ0v) is 14.2. The van der Waals surface area contributed by atoms with Crippen LogP contribution in [-0.4, -0.2) is 36.1 Å². The first-order chi connectivity index (χ1) is 12.3. The lowest BCUT2D eigenvalue weighted by molar-refractivity contribution is -0.133. The largest absolute Gasteiger partial charge is 0.336 e. The van der Waals surface area contributed by atoms with Crippen LogP contribution in [0, 0.1) is 11.6 Å². The molecular formula is C19H18F2N2O3. The number of ketones is 1. The van der Waals surface area contributed by atoms with Crippen LogP contribution in [0.5, 0.6) is 0 Å². The van der Waals surface area contributed by atoms with Crippen molar-refractivity contribution in [3.05, 3.63) is 65.7 Å². The Balaban J connectivity index is 1.80. The first-order valence-electron chi connectivity index (χ1n) is 7.93. The number of anilines is 1. The van der Waals surface area contributed by atoms with Gasteiger partial charge in [0.05, 0.1) is 6.54 Å². The van der Waals surface area contributed by atoms with Crippen LogP contribution in [0.3, 0.4) is 0 Å².